The lowest BCUT2D eigenvalue weighted by molar-refractivity contribution is -0.145. The fraction of sp³-hybridized carbons (Fsp3) is 0.969. The molecule has 0 spiro atoms. The summed E-state index contributed by atoms with van der Waals surface area (Å²) in [7, 11) is -1.70. The van der Waals surface area contributed by atoms with Crippen LogP contribution in [0.15, 0.2) is 0 Å². The van der Waals surface area contributed by atoms with Crippen molar-refractivity contribution >= 4 is 14.3 Å². The largest absolute Gasteiger partial charge is 0.463 e. The number of unbranched alkanes of at least 4 members (excludes halogenated alkanes) is 4. The lowest BCUT2D eigenvalue weighted by Gasteiger charge is -2.36. The first-order chi connectivity index (χ1) is 21.2. The van der Waals surface area contributed by atoms with Crippen molar-refractivity contribution in [2.45, 2.75) is 84.4 Å². The average molecular weight is 655 g/mol. The van der Waals surface area contributed by atoms with Crippen LogP contribution in [0.5, 0.6) is 0 Å². The second-order valence-corrected chi connectivity index (χ2v) is 16.7. The first-order valence-electron chi connectivity index (χ1n) is 16.6. The third-order valence-corrected chi connectivity index (χ3v) is 11.6. The first kappa shape index (κ1) is 43.3. The second-order valence-electron chi connectivity index (χ2n) is 11.9. The Morgan fingerprint density at radius 3 is 1.14 bits per heavy atom. The van der Waals surface area contributed by atoms with Crippen LogP contribution >= 0.6 is 0 Å². The van der Waals surface area contributed by atoms with Gasteiger partial charge in [0.1, 0.15) is 6.61 Å². The zero-order valence-electron chi connectivity index (χ0n) is 29.0. The summed E-state index contributed by atoms with van der Waals surface area (Å²) in [6, 6.07) is 0. The summed E-state index contributed by atoms with van der Waals surface area (Å²) in [5.74, 6) is -0.144. The molecule has 0 aromatic heterocycles. The van der Waals surface area contributed by atoms with E-state index in [0.29, 0.717) is 119 Å². The van der Waals surface area contributed by atoms with Crippen molar-refractivity contribution in [1.29, 1.82) is 0 Å². The molecule has 0 aliphatic carbocycles. The SMILES string of the molecule is CCCCCCCC(=O)OCCOCCOCCOCCOCCOCCOCCOCCOCCO[Si](C)(C)C(C)(C)C. The monoisotopic (exact) mass is 654 g/mol. The molecule has 44 heavy (non-hydrogen) atoms. The van der Waals surface area contributed by atoms with Gasteiger partial charge in [-0.25, -0.2) is 0 Å². The van der Waals surface area contributed by atoms with E-state index in [-0.39, 0.29) is 17.6 Å². The van der Waals surface area contributed by atoms with Crippen molar-refractivity contribution in [1.82, 2.24) is 0 Å². The molecule has 0 aromatic rings. The summed E-state index contributed by atoms with van der Waals surface area (Å²) in [4.78, 5) is 11.6. The predicted octanol–water partition coefficient (Wildman–Crippen LogP) is 5.04. The van der Waals surface area contributed by atoms with Gasteiger partial charge in [-0.05, 0) is 24.6 Å². The molecule has 0 amide bonds. The molecule has 0 aliphatic heterocycles. The first-order valence-corrected chi connectivity index (χ1v) is 19.5. The highest BCUT2D eigenvalue weighted by Crippen LogP contribution is 2.36. The summed E-state index contributed by atoms with van der Waals surface area (Å²) >= 11 is 0. The van der Waals surface area contributed by atoms with Gasteiger partial charge in [0, 0.05) is 6.42 Å². The Labute approximate surface area is 269 Å². The van der Waals surface area contributed by atoms with Crippen LogP contribution in [0.1, 0.15) is 66.2 Å². The van der Waals surface area contributed by atoms with Crippen LogP contribution in [0.2, 0.25) is 18.1 Å². The van der Waals surface area contributed by atoms with Gasteiger partial charge in [0.25, 0.3) is 0 Å². The van der Waals surface area contributed by atoms with Crippen molar-refractivity contribution in [2.24, 2.45) is 0 Å². The third-order valence-electron chi connectivity index (χ3n) is 7.08. The molecule has 0 N–H and O–H groups in total. The van der Waals surface area contributed by atoms with Gasteiger partial charge in [-0.1, -0.05) is 53.4 Å². The number of rotatable bonds is 34. The van der Waals surface area contributed by atoms with Crippen molar-refractivity contribution in [2.75, 3.05) is 119 Å². The van der Waals surface area contributed by atoms with Crippen LogP contribution in [0.3, 0.4) is 0 Å². The van der Waals surface area contributed by atoms with Crippen molar-refractivity contribution in [3.05, 3.63) is 0 Å². The lowest BCUT2D eigenvalue weighted by atomic mass is 10.1. The molecule has 0 aromatic carbocycles. The van der Waals surface area contributed by atoms with E-state index in [2.05, 4.69) is 40.8 Å². The fourth-order valence-electron chi connectivity index (χ4n) is 3.37. The third kappa shape index (κ3) is 30.0. The summed E-state index contributed by atoms with van der Waals surface area (Å²) in [5, 5.41) is 0.217. The lowest BCUT2D eigenvalue weighted by Crippen LogP contribution is -2.41. The van der Waals surface area contributed by atoms with E-state index < -0.39 is 8.32 Å². The standard InChI is InChI=1S/C32H66O11Si/c1-7-8-9-10-11-12-31(33)42-29-27-40-25-23-38-21-19-36-17-15-34-13-14-35-16-18-37-20-22-39-24-26-41-28-30-43-44(5,6)32(2,3)4/h7-30H2,1-6H3. The molecule has 11 nitrogen and oxygen atoms in total. The maximum absolute atomic E-state index is 11.6. The number of hydrogen-bond donors (Lipinski definition) is 0. The van der Waals surface area contributed by atoms with E-state index in [9.17, 15) is 4.79 Å². The van der Waals surface area contributed by atoms with Crippen molar-refractivity contribution < 1.29 is 51.9 Å². The fourth-order valence-corrected chi connectivity index (χ4v) is 4.40. The Bertz CT molecular complexity index is 617. The molecule has 0 saturated heterocycles. The number of esters is 1. The maximum Gasteiger partial charge on any atom is 0.305 e. The topological polar surface area (TPSA) is 109 Å². The van der Waals surface area contributed by atoms with Crippen LogP contribution in [0, 0.1) is 0 Å². The van der Waals surface area contributed by atoms with E-state index in [1.165, 1.54) is 19.3 Å². The zero-order chi connectivity index (χ0) is 32.6. The molecule has 0 radical (unpaired) electrons. The van der Waals surface area contributed by atoms with Gasteiger partial charge in [-0.15, -0.1) is 0 Å². The van der Waals surface area contributed by atoms with Crippen LogP contribution in [0.25, 0.3) is 0 Å². The van der Waals surface area contributed by atoms with Crippen LogP contribution in [0.4, 0.5) is 0 Å². The van der Waals surface area contributed by atoms with Gasteiger partial charge >= 0.3 is 5.97 Å². The van der Waals surface area contributed by atoms with Gasteiger partial charge in [-0.3, -0.25) is 4.79 Å². The molecular weight excluding hydrogens is 588 g/mol. The van der Waals surface area contributed by atoms with Gasteiger partial charge in [0.05, 0.1) is 112 Å². The van der Waals surface area contributed by atoms with E-state index in [0.717, 1.165) is 12.8 Å². The molecule has 0 saturated carbocycles. The molecule has 0 rings (SSSR count). The number of hydrogen-bond acceptors (Lipinski definition) is 11. The van der Waals surface area contributed by atoms with Crippen molar-refractivity contribution in [3.63, 3.8) is 0 Å². The Kier molecular flexibility index (Phi) is 30.5. The number of carbonyl (C=O) groups is 1. The molecule has 0 unspecified atom stereocenters. The smallest absolute Gasteiger partial charge is 0.305 e. The minimum atomic E-state index is -1.70. The minimum absolute atomic E-state index is 0.144. The predicted molar refractivity (Wildman–Crippen MR) is 174 cm³/mol. The highest BCUT2D eigenvalue weighted by Gasteiger charge is 2.36. The second kappa shape index (κ2) is 31.0. The van der Waals surface area contributed by atoms with Gasteiger partial charge < -0.3 is 47.1 Å². The zero-order valence-corrected chi connectivity index (χ0v) is 30.0. The molecule has 0 fully saturated rings. The van der Waals surface area contributed by atoms with Gasteiger partial charge in [0.15, 0.2) is 8.32 Å². The Balaban J connectivity index is 3.17. The quantitative estimate of drug-likeness (QED) is 0.0529. The minimum Gasteiger partial charge on any atom is -0.463 e. The molecule has 264 valence electrons. The normalized spacial score (nSPS) is 12.2. The summed E-state index contributed by atoms with van der Waals surface area (Å²) < 4.78 is 55.1. The van der Waals surface area contributed by atoms with E-state index in [1.54, 1.807) is 0 Å². The Hall–Kier alpha value is -0.673. The van der Waals surface area contributed by atoms with Crippen LogP contribution in [-0.2, 0) is 51.9 Å². The summed E-state index contributed by atoms with van der Waals surface area (Å²) in [5.41, 5.74) is 0. The van der Waals surface area contributed by atoms with E-state index in [1.807, 2.05) is 0 Å². The molecule has 0 atom stereocenters. The Morgan fingerprint density at radius 1 is 0.477 bits per heavy atom. The molecule has 0 aliphatic rings. The van der Waals surface area contributed by atoms with Crippen molar-refractivity contribution in [3.8, 4) is 0 Å². The Morgan fingerprint density at radius 2 is 0.795 bits per heavy atom. The van der Waals surface area contributed by atoms with E-state index >= 15 is 0 Å². The number of carbonyl (C=O) groups excluding carboxylic acids is 1. The van der Waals surface area contributed by atoms with Gasteiger partial charge in [-0.2, -0.15) is 0 Å². The van der Waals surface area contributed by atoms with Gasteiger partial charge in [0.2, 0.25) is 0 Å². The molecule has 12 heteroatoms. The maximum atomic E-state index is 11.6. The summed E-state index contributed by atoms with van der Waals surface area (Å²) in [6.07, 6.45) is 6.09. The number of ether oxygens (including phenoxy) is 9. The highest BCUT2D eigenvalue weighted by molar-refractivity contribution is 6.74. The van der Waals surface area contributed by atoms with Crippen LogP contribution < -0.4 is 0 Å². The molecule has 0 bridgehead atoms. The molecular formula is C32H66O11Si. The average Bonchev–Trinajstić information content (AvgIpc) is 2.97. The van der Waals surface area contributed by atoms with Crippen LogP contribution in [-0.4, -0.2) is 133 Å². The summed E-state index contributed by atoms with van der Waals surface area (Å²) in [6.45, 7) is 22.4. The molecule has 0 heterocycles. The van der Waals surface area contributed by atoms with E-state index in [4.69, 9.17) is 47.1 Å². The highest BCUT2D eigenvalue weighted by atomic mass is 28.4.